The van der Waals surface area contributed by atoms with Crippen LogP contribution < -0.4 is 0 Å². The van der Waals surface area contributed by atoms with Crippen molar-refractivity contribution in [2.45, 2.75) is 25.2 Å². The van der Waals surface area contributed by atoms with Gasteiger partial charge in [-0.1, -0.05) is 35.5 Å². The van der Waals surface area contributed by atoms with Gasteiger partial charge in [0.1, 0.15) is 12.2 Å². The standard InChI is InChI=1S/C13H16ClNO3/c14-7-11-6-12(15-18-11)13(8-16)17-9-10-4-2-1-3-5-10/h1-5,11,13,16H,6-9H2/t11-,13-/m0/s1. The second kappa shape index (κ2) is 6.73. The van der Waals surface area contributed by atoms with Crippen LogP contribution in [0.3, 0.4) is 0 Å². The quantitative estimate of drug-likeness (QED) is 0.803. The van der Waals surface area contributed by atoms with Crippen LogP contribution in [0.1, 0.15) is 12.0 Å². The highest BCUT2D eigenvalue weighted by molar-refractivity contribution is 6.18. The highest BCUT2D eigenvalue weighted by Gasteiger charge is 2.26. The maximum Gasteiger partial charge on any atom is 0.146 e. The van der Waals surface area contributed by atoms with E-state index >= 15 is 0 Å². The first-order valence-electron chi connectivity index (χ1n) is 5.88. The summed E-state index contributed by atoms with van der Waals surface area (Å²) in [5.74, 6) is 0.393. The molecule has 1 heterocycles. The molecule has 18 heavy (non-hydrogen) atoms. The van der Waals surface area contributed by atoms with E-state index < -0.39 is 6.10 Å². The van der Waals surface area contributed by atoms with Gasteiger partial charge in [-0.25, -0.2) is 0 Å². The van der Waals surface area contributed by atoms with E-state index in [0.717, 1.165) is 11.3 Å². The molecule has 0 unspecified atom stereocenters. The molecule has 0 saturated heterocycles. The summed E-state index contributed by atoms with van der Waals surface area (Å²) in [6, 6.07) is 9.80. The van der Waals surface area contributed by atoms with Crippen molar-refractivity contribution >= 4 is 17.3 Å². The Morgan fingerprint density at radius 1 is 1.44 bits per heavy atom. The molecule has 0 radical (unpaired) electrons. The smallest absolute Gasteiger partial charge is 0.146 e. The zero-order valence-electron chi connectivity index (χ0n) is 9.96. The topological polar surface area (TPSA) is 51.0 Å². The molecular weight excluding hydrogens is 254 g/mol. The number of alkyl halides is 1. The van der Waals surface area contributed by atoms with Crippen molar-refractivity contribution in [3.05, 3.63) is 35.9 Å². The Bertz CT molecular complexity index is 396. The molecule has 98 valence electrons. The van der Waals surface area contributed by atoms with Crippen molar-refractivity contribution in [2.24, 2.45) is 5.16 Å². The third-order valence-electron chi connectivity index (χ3n) is 2.76. The Kier molecular flexibility index (Phi) is 4.99. The minimum absolute atomic E-state index is 0.101. The molecular formula is C13H16ClNO3. The Hall–Kier alpha value is -1.10. The number of halogens is 1. The molecule has 2 atom stereocenters. The summed E-state index contributed by atoms with van der Waals surface area (Å²) in [5, 5.41) is 13.2. The highest BCUT2D eigenvalue weighted by Crippen LogP contribution is 2.16. The lowest BCUT2D eigenvalue weighted by molar-refractivity contribution is 0.0425. The maximum atomic E-state index is 9.33. The van der Waals surface area contributed by atoms with Gasteiger partial charge in [-0.2, -0.15) is 0 Å². The van der Waals surface area contributed by atoms with Crippen molar-refractivity contribution in [1.29, 1.82) is 0 Å². The average Bonchev–Trinajstić information content (AvgIpc) is 2.89. The maximum absolute atomic E-state index is 9.33. The Morgan fingerprint density at radius 2 is 2.22 bits per heavy atom. The number of hydrogen-bond donors (Lipinski definition) is 1. The number of aliphatic hydroxyl groups excluding tert-OH is 1. The van der Waals surface area contributed by atoms with Crippen molar-refractivity contribution < 1.29 is 14.7 Å². The molecule has 0 saturated carbocycles. The van der Waals surface area contributed by atoms with Crippen molar-refractivity contribution in [3.63, 3.8) is 0 Å². The molecule has 0 bridgehead atoms. The van der Waals surface area contributed by atoms with Crippen LogP contribution in [-0.2, 0) is 16.2 Å². The lowest BCUT2D eigenvalue weighted by Crippen LogP contribution is -2.28. The first-order valence-corrected chi connectivity index (χ1v) is 6.42. The molecule has 0 spiro atoms. The minimum Gasteiger partial charge on any atom is -0.393 e. The van der Waals surface area contributed by atoms with Gasteiger partial charge in [0.2, 0.25) is 0 Å². The second-order valence-electron chi connectivity index (χ2n) is 4.14. The van der Waals surface area contributed by atoms with Crippen LogP contribution in [0.5, 0.6) is 0 Å². The number of nitrogens with zero attached hydrogens (tertiary/aromatic N) is 1. The van der Waals surface area contributed by atoms with Gasteiger partial charge in [0.25, 0.3) is 0 Å². The number of hydrogen-bond acceptors (Lipinski definition) is 4. The van der Waals surface area contributed by atoms with Crippen molar-refractivity contribution in [2.75, 3.05) is 12.5 Å². The molecule has 5 heteroatoms. The van der Waals surface area contributed by atoms with Gasteiger partial charge in [-0.15, -0.1) is 11.6 Å². The van der Waals surface area contributed by atoms with Gasteiger partial charge >= 0.3 is 0 Å². The largest absolute Gasteiger partial charge is 0.393 e. The fourth-order valence-corrected chi connectivity index (χ4v) is 1.91. The van der Waals surface area contributed by atoms with Gasteiger partial charge in [0.15, 0.2) is 0 Å². The summed E-state index contributed by atoms with van der Waals surface area (Å²) in [6.07, 6.45) is 0.0956. The van der Waals surface area contributed by atoms with E-state index in [1.54, 1.807) is 0 Å². The molecule has 4 nitrogen and oxygen atoms in total. The van der Waals surface area contributed by atoms with Gasteiger partial charge < -0.3 is 14.7 Å². The first-order chi connectivity index (χ1) is 8.83. The monoisotopic (exact) mass is 269 g/mol. The predicted molar refractivity (Wildman–Crippen MR) is 69.7 cm³/mol. The van der Waals surface area contributed by atoms with Crippen molar-refractivity contribution in [3.8, 4) is 0 Å². The fourth-order valence-electron chi connectivity index (χ4n) is 1.75. The van der Waals surface area contributed by atoms with E-state index in [1.165, 1.54) is 0 Å². The molecule has 0 fully saturated rings. The molecule has 1 N–H and O–H groups in total. The van der Waals surface area contributed by atoms with Gasteiger partial charge in [-0.3, -0.25) is 0 Å². The number of rotatable bonds is 6. The van der Waals surface area contributed by atoms with Gasteiger partial charge in [-0.05, 0) is 5.56 Å². The number of oxime groups is 1. The van der Waals surface area contributed by atoms with E-state index in [-0.39, 0.29) is 12.7 Å². The molecule has 1 aliphatic heterocycles. The molecule has 0 amide bonds. The van der Waals surface area contributed by atoms with E-state index in [1.807, 2.05) is 30.3 Å². The zero-order valence-corrected chi connectivity index (χ0v) is 10.7. The zero-order chi connectivity index (χ0) is 12.8. The van der Waals surface area contributed by atoms with Crippen molar-refractivity contribution in [1.82, 2.24) is 0 Å². The van der Waals surface area contributed by atoms with E-state index in [9.17, 15) is 5.11 Å². The van der Waals surface area contributed by atoms with Crippen LogP contribution in [0.4, 0.5) is 0 Å². The van der Waals surface area contributed by atoms with Gasteiger partial charge in [0.05, 0.1) is 24.8 Å². The summed E-state index contributed by atoms with van der Waals surface area (Å²) in [5.41, 5.74) is 1.78. The van der Waals surface area contributed by atoms with Crippen LogP contribution in [0.15, 0.2) is 35.5 Å². The van der Waals surface area contributed by atoms with Gasteiger partial charge in [0, 0.05) is 6.42 Å². The number of aliphatic hydroxyl groups is 1. The molecule has 1 aromatic carbocycles. The summed E-state index contributed by atoms with van der Waals surface area (Å²) in [7, 11) is 0. The van der Waals surface area contributed by atoms with E-state index in [2.05, 4.69) is 5.16 Å². The summed E-state index contributed by atoms with van der Waals surface area (Å²) in [6.45, 7) is 0.334. The Morgan fingerprint density at radius 3 is 2.83 bits per heavy atom. The summed E-state index contributed by atoms with van der Waals surface area (Å²) < 4.78 is 5.65. The third kappa shape index (κ3) is 3.45. The van der Waals surface area contributed by atoms with E-state index in [4.69, 9.17) is 21.2 Å². The van der Waals surface area contributed by atoms with Crippen LogP contribution in [0.2, 0.25) is 0 Å². The second-order valence-corrected chi connectivity index (χ2v) is 4.44. The normalized spacial score (nSPS) is 20.3. The highest BCUT2D eigenvalue weighted by atomic mass is 35.5. The van der Waals surface area contributed by atoms with Crippen LogP contribution >= 0.6 is 11.6 Å². The van der Waals surface area contributed by atoms with Crippen LogP contribution in [-0.4, -0.2) is 35.5 Å². The Balaban J connectivity index is 1.87. The summed E-state index contributed by atoms with van der Waals surface area (Å²) in [4.78, 5) is 5.11. The molecule has 0 aliphatic carbocycles. The molecule has 0 aromatic heterocycles. The van der Waals surface area contributed by atoms with Crippen LogP contribution in [0.25, 0.3) is 0 Å². The van der Waals surface area contributed by atoms with Crippen LogP contribution in [0, 0.1) is 0 Å². The lowest BCUT2D eigenvalue weighted by atomic mass is 10.1. The third-order valence-corrected chi connectivity index (χ3v) is 3.10. The predicted octanol–water partition coefficient (Wildman–Crippen LogP) is 1.95. The fraction of sp³-hybridized carbons (Fsp3) is 0.462. The number of ether oxygens (including phenoxy) is 1. The first kappa shape index (κ1) is 13.3. The average molecular weight is 270 g/mol. The Labute approximate surface area is 111 Å². The molecule has 2 rings (SSSR count). The molecule has 1 aromatic rings. The SMILES string of the molecule is OC[C@H](OCc1ccccc1)C1=NO[C@H](CCl)C1. The summed E-state index contributed by atoms with van der Waals surface area (Å²) >= 11 is 5.69. The minimum atomic E-state index is -0.418. The number of benzene rings is 1. The van der Waals surface area contributed by atoms with E-state index in [0.29, 0.717) is 18.9 Å². The lowest BCUT2D eigenvalue weighted by Gasteiger charge is -2.14. The molecule has 1 aliphatic rings.